The van der Waals surface area contributed by atoms with Gasteiger partial charge in [0.1, 0.15) is 0 Å². The smallest absolute Gasteiger partial charge is 0.416 e. The molecule has 0 atom stereocenters. The van der Waals surface area contributed by atoms with Gasteiger partial charge in [0, 0.05) is 31.7 Å². The molecule has 0 N–H and O–H groups in total. The molecule has 1 aromatic rings. The Hall–Kier alpha value is -2.09. The monoisotopic (exact) mass is 344 g/mol. The fraction of sp³-hybridized carbons (Fsp3) is 0.500. The van der Waals surface area contributed by atoms with Crippen LogP contribution in [-0.2, 0) is 15.7 Å². The number of ether oxygens (including phenoxy) is 1. The number of hydrogen-bond acceptors (Lipinski definition) is 4. The normalized spacial score (nSPS) is 16.1. The summed E-state index contributed by atoms with van der Waals surface area (Å²) >= 11 is 0. The lowest BCUT2D eigenvalue weighted by Crippen LogP contribution is -2.50. The lowest BCUT2D eigenvalue weighted by Gasteiger charge is -2.34. The molecule has 0 saturated carbocycles. The molecule has 1 saturated heterocycles. The lowest BCUT2D eigenvalue weighted by atomic mass is 10.1. The predicted octanol–water partition coefficient (Wildman–Crippen LogP) is 2.03. The summed E-state index contributed by atoms with van der Waals surface area (Å²) < 4.78 is 42.5. The minimum Gasteiger partial charge on any atom is -0.465 e. The van der Waals surface area contributed by atoms with Crippen LogP contribution >= 0.6 is 0 Å². The molecule has 0 bridgehead atoms. The van der Waals surface area contributed by atoms with Gasteiger partial charge in [-0.2, -0.15) is 13.2 Å². The van der Waals surface area contributed by atoms with E-state index in [9.17, 15) is 22.8 Å². The molecule has 1 amide bonds. The lowest BCUT2D eigenvalue weighted by molar-refractivity contribution is -0.144. The van der Waals surface area contributed by atoms with E-state index in [0.29, 0.717) is 32.8 Å². The summed E-state index contributed by atoms with van der Waals surface area (Å²) in [4.78, 5) is 27.2. The van der Waals surface area contributed by atoms with Crippen molar-refractivity contribution in [1.29, 1.82) is 0 Å². The maximum absolute atomic E-state index is 12.5. The van der Waals surface area contributed by atoms with Gasteiger partial charge in [-0.3, -0.25) is 14.5 Å². The third kappa shape index (κ3) is 4.70. The third-order valence-corrected chi connectivity index (χ3v) is 3.78. The zero-order valence-electron chi connectivity index (χ0n) is 13.3. The molecule has 0 unspecified atom stereocenters. The predicted molar refractivity (Wildman–Crippen MR) is 80.4 cm³/mol. The second-order valence-corrected chi connectivity index (χ2v) is 5.45. The van der Waals surface area contributed by atoms with Gasteiger partial charge in [0.2, 0.25) is 0 Å². The number of benzene rings is 1. The highest BCUT2D eigenvalue weighted by Gasteiger charge is 2.30. The van der Waals surface area contributed by atoms with E-state index in [1.165, 1.54) is 12.1 Å². The molecule has 5 nitrogen and oxygen atoms in total. The van der Waals surface area contributed by atoms with E-state index in [2.05, 4.69) is 0 Å². The van der Waals surface area contributed by atoms with Crippen molar-refractivity contribution in [3.63, 3.8) is 0 Å². The van der Waals surface area contributed by atoms with E-state index in [4.69, 9.17) is 4.74 Å². The Morgan fingerprint density at radius 1 is 1.08 bits per heavy atom. The van der Waals surface area contributed by atoms with E-state index < -0.39 is 11.7 Å². The SMILES string of the molecule is CCOC(=O)CN1CCN(C(=O)c2ccc(C(F)(F)F)cc2)CC1. The fourth-order valence-electron chi connectivity index (χ4n) is 2.48. The number of carbonyl (C=O) groups excluding carboxylic acids is 2. The van der Waals surface area contributed by atoms with E-state index in [0.717, 1.165) is 12.1 Å². The first kappa shape index (κ1) is 18.3. The molecule has 0 radical (unpaired) electrons. The molecular formula is C16H19F3N2O3. The summed E-state index contributed by atoms with van der Waals surface area (Å²) in [7, 11) is 0. The second-order valence-electron chi connectivity index (χ2n) is 5.45. The number of hydrogen-bond donors (Lipinski definition) is 0. The number of nitrogens with zero attached hydrogens (tertiary/aromatic N) is 2. The molecule has 2 rings (SSSR count). The van der Waals surface area contributed by atoms with Crippen molar-refractivity contribution in [2.24, 2.45) is 0 Å². The standard InChI is InChI=1S/C16H19F3N2O3/c1-2-24-14(22)11-20-7-9-21(10-8-20)15(23)12-3-5-13(6-4-12)16(17,18)19/h3-6H,2,7-11H2,1H3. The second kappa shape index (κ2) is 7.65. The maximum Gasteiger partial charge on any atom is 0.416 e. The minimum atomic E-state index is -4.42. The fourth-order valence-corrected chi connectivity index (χ4v) is 2.48. The zero-order valence-corrected chi connectivity index (χ0v) is 13.3. The number of halogens is 3. The van der Waals surface area contributed by atoms with E-state index in [1.807, 2.05) is 4.90 Å². The minimum absolute atomic E-state index is 0.177. The highest BCUT2D eigenvalue weighted by atomic mass is 19.4. The number of rotatable bonds is 4. The number of carbonyl (C=O) groups is 2. The van der Waals surface area contributed by atoms with Crippen LogP contribution in [0.3, 0.4) is 0 Å². The third-order valence-electron chi connectivity index (χ3n) is 3.78. The summed E-state index contributed by atoms with van der Waals surface area (Å²) in [5.74, 6) is -0.612. The summed E-state index contributed by atoms with van der Waals surface area (Å²) in [6, 6.07) is 4.20. The van der Waals surface area contributed by atoms with Gasteiger partial charge in [-0.25, -0.2) is 0 Å². The molecule has 24 heavy (non-hydrogen) atoms. The Morgan fingerprint density at radius 3 is 2.17 bits per heavy atom. The largest absolute Gasteiger partial charge is 0.465 e. The zero-order chi connectivity index (χ0) is 17.7. The van der Waals surface area contributed by atoms with Gasteiger partial charge in [0.05, 0.1) is 18.7 Å². The molecule has 1 aliphatic rings. The Labute approximate surface area is 138 Å². The quantitative estimate of drug-likeness (QED) is 0.785. The topological polar surface area (TPSA) is 49.9 Å². The van der Waals surface area contributed by atoms with E-state index in [-0.39, 0.29) is 24.0 Å². The molecule has 0 spiro atoms. The first-order valence-corrected chi connectivity index (χ1v) is 7.65. The van der Waals surface area contributed by atoms with Crippen LogP contribution < -0.4 is 0 Å². The Bertz CT molecular complexity index is 579. The van der Waals surface area contributed by atoms with Crippen molar-refractivity contribution in [2.75, 3.05) is 39.3 Å². The first-order valence-electron chi connectivity index (χ1n) is 7.65. The number of amides is 1. The molecule has 132 valence electrons. The summed E-state index contributed by atoms with van der Waals surface area (Å²) in [6.45, 7) is 4.11. The summed E-state index contributed by atoms with van der Waals surface area (Å²) in [6.07, 6.45) is -4.42. The maximum atomic E-state index is 12.5. The van der Waals surface area contributed by atoms with Crippen LogP contribution in [0.1, 0.15) is 22.8 Å². The number of alkyl halides is 3. The number of piperazine rings is 1. The van der Waals surface area contributed by atoms with Crippen molar-refractivity contribution in [1.82, 2.24) is 9.80 Å². The molecule has 0 aromatic heterocycles. The highest BCUT2D eigenvalue weighted by Crippen LogP contribution is 2.29. The molecular weight excluding hydrogens is 325 g/mol. The van der Waals surface area contributed by atoms with Crippen LogP contribution in [0, 0.1) is 0 Å². The molecule has 1 aromatic carbocycles. The van der Waals surface area contributed by atoms with Crippen LogP contribution in [0.2, 0.25) is 0 Å². The van der Waals surface area contributed by atoms with Crippen LogP contribution in [0.15, 0.2) is 24.3 Å². The summed E-state index contributed by atoms with van der Waals surface area (Å²) in [5.41, 5.74) is -0.555. The van der Waals surface area contributed by atoms with Gasteiger partial charge < -0.3 is 9.64 Å². The van der Waals surface area contributed by atoms with Gasteiger partial charge in [-0.05, 0) is 31.2 Å². The van der Waals surface area contributed by atoms with Crippen LogP contribution in [0.4, 0.5) is 13.2 Å². The van der Waals surface area contributed by atoms with Crippen molar-refractivity contribution in [3.8, 4) is 0 Å². The average Bonchev–Trinajstić information content (AvgIpc) is 2.54. The number of esters is 1. The van der Waals surface area contributed by atoms with Crippen LogP contribution in [0.25, 0.3) is 0 Å². The Morgan fingerprint density at radius 2 is 1.67 bits per heavy atom. The first-order chi connectivity index (χ1) is 11.3. The van der Waals surface area contributed by atoms with Gasteiger partial charge in [0.25, 0.3) is 5.91 Å². The van der Waals surface area contributed by atoms with E-state index in [1.54, 1.807) is 11.8 Å². The van der Waals surface area contributed by atoms with Crippen molar-refractivity contribution < 1.29 is 27.5 Å². The van der Waals surface area contributed by atoms with Gasteiger partial charge >= 0.3 is 12.1 Å². The van der Waals surface area contributed by atoms with Gasteiger partial charge in [0.15, 0.2) is 0 Å². The average molecular weight is 344 g/mol. The van der Waals surface area contributed by atoms with Crippen molar-refractivity contribution >= 4 is 11.9 Å². The van der Waals surface area contributed by atoms with Gasteiger partial charge in [-0.1, -0.05) is 0 Å². The van der Waals surface area contributed by atoms with Crippen LogP contribution in [0.5, 0.6) is 0 Å². The molecule has 1 aliphatic heterocycles. The Balaban J connectivity index is 1.89. The molecule has 1 heterocycles. The molecule has 1 fully saturated rings. The van der Waals surface area contributed by atoms with Crippen molar-refractivity contribution in [3.05, 3.63) is 35.4 Å². The molecule has 8 heteroatoms. The summed E-state index contributed by atoms with van der Waals surface area (Å²) in [5, 5.41) is 0. The van der Waals surface area contributed by atoms with Crippen LogP contribution in [-0.4, -0.2) is 61.0 Å². The Kier molecular flexibility index (Phi) is 5.82. The van der Waals surface area contributed by atoms with E-state index >= 15 is 0 Å². The van der Waals surface area contributed by atoms with Crippen molar-refractivity contribution in [2.45, 2.75) is 13.1 Å². The molecule has 0 aliphatic carbocycles. The van der Waals surface area contributed by atoms with Gasteiger partial charge in [-0.15, -0.1) is 0 Å². The highest BCUT2D eigenvalue weighted by molar-refractivity contribution is 5.94.